The molecule has 0 unspecified atom stereocenters. The molecule has 1 N–H and O–H groups in total. The van der Waals surface area contributed by atoms with Gasteiger partial charge in [-0.25, -0.2) is 13.6 Å². The molecule has 0 atom stereocenters. The number of carbonyl (C=O) groups excluding carboxylic acids is 1. The Morgan fingerprint density at radius 3 is 2.08 bits per heavy atom. The fourth-order valence-corrected chi connectivity index (χ4v) is 2.36. The van der Waals surface area contributed by atoms with Gasteiger partial charge < -0.3 is 10.2 Å². The molecule has 5 nitrogen and oxygen atoms in total. The lowest BCUT2D eigenvalue weighted by atomic mass is 10.2. The Hall–Kier alpha value is -3.35. The van der Waals surface area contributed by atoms with Crippen molar-refractivity contribution in [3.8, 4) is 0 Å². The lowest BCUT2D eigenvalue weighted by molar-refractivity contribution is 0.205. The number of anilines is 1. The summed E-state index contributed by atoms with van der Waals surface area (Å²) in [6.45, 7) is 0.389. The number of urea groups is 1. The third kappa shape index (κ3) is 4.60. The van der Waals surface area contributed by atoms with E-state index in [4.69, 9.17) is 0 Å². The van der Waals surface area contributed by atoms with Gasteiger partial charge in [0.25, 0.3) is 0 Å². The van der Waals surface area contributed by atoms with Crippen molar-refractivity contribution in [2.24, 2.45) is 0 Å². The summed E-state index contributed by atoms with van der Waals surface area (Å²) in [5.41, 5.74) is 1.11. The second kappa shape index (κ2) is 8.15. The SMILES string of the molecule is O=C(Nc1cc(F)ccc1F)N(Cc1ccccn1)Cc1ccccn1. The van der Waals surface area contributed by atoms with Gasteiger partial charge in [0.15, 0.2) is 0 Å². The Morgan fingerprint density at radius 2 is 1.54 bits per heavy atom. The van der Waals surface area contributed by atoms with E-state index in [2.05, 4.69) is 15.3 Å². The minimum absolute atomic E-state index is 0.195. The lowest BCUT2D eigenvalue weighted by Crippen LogP contribution is -2.34. The van der Waals surface area contributed by atoms with E-state index in [0.717, 1.165) is 18.2 Å². The zero-order valence-electron chi connectivity index (χ0n) is 13.8. The topological polar surface area (TPSA) is 58.1 Å². The molecule has 0 spiro atoms. The average molecular weight is 354 g/mol. The third-order valence-corrected chi connectivity index (χ3v) is 3.62. The molecule has 3 aromatic rings. The smallest absolute Gasteiger partial charge is 0.313 e. The van der Waals surface area contributed by atoms with Crippen LogP contribution in [0.3, 0.4) is 0 Å². The summed E-state index contributed by atoms with van der Waals surface area (Å²) in [7, 11) is 0. The van der Waals surface area contributed by atoms with Crippen LogP contribution in [0.2, 0.25) is 0 Å². The van der Waals surface area contributed by atoms with Gasteiger partial charge in [-0.05, 0) is 36.4 Å². The first-order valence-corrected chi connectivity index (χ1v) is 7.92. The summed E-state index contributed by atoms with van der Waals surface area (Å²) >= 11 is 0. The minimum Gasteiger partial charge on any atom is -0.313 e. The molecule has 3 rings (SSSR count). The zero-order valence-corrected chi connectivity index (χ0v) is 13.8. The molecule has 26 heavy (non-hydrogen) atoms. The molecule has 0 fully saturated rings. The highest BCUT2D eigenvalue weighted by Gasteiger charge is 2.17. The predicted molar refractivity (Wildman–Crippen MR) is 93.1 cm³/mol. The molecule has 0 aliphatic heterocycles. The monoisotopic (exact) mass is 354 g/mol. The number of pyridine rings is 2. The van der Waals surface area contributed by atoms with Crippen molar-refractivity contribution >= 4 is 11.7 Å². The van der Waals surface area contributed by atoms with E-state index in [1.807, 2.05) is 12.1 Å². The van der Waals surface area contributed by atoms with Gasteiger partial charge in [0.2, 0.25) is 0 Å². The van der Waals surface area contributed by atoms with Crippen molar-refractivity contribution in [2.45, 2.75) is 13.1 Å². The van der Waals surface area contributed by atoms with E-state index in [0.29, 0.717) is 11.4 Å². The van der Waals surface area contributed by atoms with Crippen LogP contribution in [0.1, 0.15) is 11.4 Å². The lowest BCUT2D eigenvalue weighted by Gasteiger charge is -2.22. The molecule has 0 aliphatic rings. The zero-order chi connectivity index (χ0) is 18.4. The van der Waals surface area contributed by atoms with Gasteiger partial charge in [0.05, 0.1) is 30.2 Å². The number of rotatable bonds is 5. The quantitative estimate of drug-likeness (QED) is 0.754. The fourth-order valence-electron chi connectivity index (χ4n) is 2.36. The van der Waals surface area contributed by atoms with Crippen LogP contribution in [0, 0.1) is 11.6 Å². The first kappa shape index (κ1) is 17.5. The number of amides is 2. The Kier molecular flexibility index (Phi) is 5.48. The van der Waals surface area contributed by atoms with Crippen LogP contribution in [-0.2, 0) is 13.1 Å². The standard InChI is InChI=1S/C19H16F2N4O/c20-14-7-8-17(21)18(11-14)24-19(26)25(12-15-5-1-3-9-22-15)13-16-6-2-4-10-23-16/h1-11H,12-13H2,(H,24,26). The highest BCUT2D eigenvalue weighted by Crippen LogP contribution is 2.17. The van der Waals surface area contributed by atoms with Crippen LogP contribution < -0.4 is 5.32 Å². The number of benzene rings is 1. The molecule has 2 aromatic heterocycles. The Bertz CT molecular complexity index is 834. The number of carbonyl (C=O) groups is 1. The van der Waals surface area contributed by atoms with E-state index in [1.54, 1.807) is 36.7 Å². The number of halogens is 2. The fraction of sp³-hybridized carbons (Fsp3) is 0.105. The normalized spacial score (nSPS) is 10.4. The number of nitrogens with zero attached hydrogens (tertiary/aromatic N) is 3. The molecule has 1 aromatic carbocycles. The van der Waals surface area contributed by atoms with E-state index in [-0.39, 0.29) is 18.8 Å². The Morgan fingerprint density at radius 1 is 0.923 bits per heavy atom. The molecule has 0 radical (unpaired) electrons. The highest BCUT2D eigenvalue weighted by molar-refractivity contribution is 5.89. The molecule has 132 valence electrons. The second-order valence-electron chi connectivity index (χ2n) is 5.55. The maximum atomic E-state index is 13.8. The molecule has 0 saturated heterocycles. The minimum atomic E-state index is -0.713. The molecule has 7 heteroatoms. The first-order chi connectivity index (χ1) is 12.6. The van der Waals surface area contributed by atoms with Crippen molar-refractivity contribution in [3.63, 3.8) is 0 Å². The van der Waals surface area contributed by atoms with Crippen molar-refractivity contribution < 1.29 is 13.6 Å². The Balaban J connectivity index is 1.81. The summed E-state index contributed by atoms with van der Waals surface area (Å²) in [5.74, 6) is -1.35. The van der Waals surface area contributed by atoms with Crippen molar-refractivity contribution in [3.05, 3.63) is 90.0 Å². The van der Waals surface area contributed by atoms with Gasteiger partial charge in [-0.2, -0.15) is 0 Å². The predicted octanol–water partition coefficient (Wildman–Crippen LogP) is 3.99. The van der Waals surface area contributed by atoms with E-state index in [9.17, 15) is 13.6 Å². The number of nitrogens with one attached hydrogen (secondary N) is 1. The number of hydrogen-bond donors (Lipinski definition) is 1. The molecule has 0 aliphatic carbocycles. The van der Waals surface area contributed by atoms with Crippen molar-refractivity contribution in [1.82, 2.24) is 14.9 Å². The van der Waals surface area contributed by atoms with Gasteiger partial charge >= 0.3 is 6.03 Å². The van der Waals surface area contributed by atoms with Crippen LogP contribution in [0.25, 0.3) is 0 Å². The van der Waals surface area contributed by atoms with E-state index in [1.165, 1.54) is 4.90 Å². The average Bonchev–Trinajstić information content (AvgIpc) is 2.66. The van der Waals surface area contributed by atoms with Crippen LogP contribution >= 0.6 is 0 Å². The second-order valence-corrected chi connectivity index (χ2v) is 5.55. The Labute approximate surface area is 149 Å². The maximum absolute atomic E-state index is 13.8. The summed E-state index contributed by atoms with van der Waals surface area (Å²) in [6.07, 6.45) is 3.25. The summed E-state index contributed by atoms with van der Waals surface area (Å²) in [6, 6.07) is 13.0. The molecule has 2 heterocycles. The van der Waals surface area contributed by atoms with Gasteiger partial charge in [-0.1, -0.05) is 12.1 Å². The number of hydrogen-bond acceptors (Lipinski definition) is 3. The van der Waals surface area contributed by atoms with Crippen molar-refractivity contribution in [1.29, 1.82) is 0 Å². The molecule has 2 amide bonds. The summed E-state index contributed by atoms with van der Waals surface area (Å²) < 4.78 is 27.2. The highest BCUT2D eigenvalue weighted by atomic mass is 19.1. The van der Waals surface area contributed by atoms with E-state index >= 15 is 0 Å². The van der Waals surface area contributed by atoms with Gasteiger partial charge in [-0.3, -0.25) is 9.97 Å². The maximum Gasteiger partial charge on any atom is 0.322 e. The third-order valence-electron chi connectivity index (χ3n) is 3.62. The van der Waals surface area contributed by atoms with Crippen LogP contribution in [0.4, 0.5) is 19.3 Å². The van der Waals surface area contributed by atoms with Crippen LogP contribution in [-0.4, -0.2) is 20.9 Å². The van der Waals surface area contributed by atoms with E-state index < -0.39 is 17.7 Å². The largest absolute Gasteiger partial charge is 0.322 e. The van der Waals surface area contributed by atoms with Crippen molar-refractivity contribution in [2.75, 3.05) is 5.32 Å². The molecule has 0 bridgehead atoms. The van der Waals surface area contributed by atoms with Gasteiger partial charge in [0, 0.05) is 18.5 Å². The molecule has 0 saturated carbocycles. The summed E-state index contributed by atoms with van der Waals surface area (Å²) in [4.78, 5) is 22.5. The molecular formula is C19H16F2N4O. The summed E-state index contributed by atoms with van der Waals surface area (Å²) in [5, 5.41) is 2.41. The molecular weight excluding hydrogens is 338 g/mol. The van der Waals surface area contributed by atoms with Crippen LogP contribution in [0.5, 0.6) is 0 Å². The number of aromatic nitrogens is 2. The first-order valence-electron chi connectivity index (χ1n) is 7.92. The van der Waals surface area contributed by atoms with Crippen LogP contribution in [0.15, 0.2) is 67.0 Å². The van der Waals surface area contributed by atoms with Gasteiger partial charge in [0.1, 0.15) is 11.6 Å². The van der Waals surface area contributed by atoms with Gasteiger partial charge in [-0.15, -0.1) is 0 Å².